The highest BCUT2D eigenvalue weighted by atomic mass is 32.1. The first-order valence-corrected chi connectivity index (χ1v) is 7.11. The highest BCUT2D eigenvalue weighted by Gasteiger charge is 2.28. The molecule has 0 aromatic carbocycles. The molecule has 1 aliphatic rings. The summed E-state index contributed by atoms with van der Waals surface area (Å²) >= 11 is 1.48. The maximum atomic E-state index is 8.94. The zero-order valence-corrected chi connectivity index (χ0v) is 11.7. The lowest BCUT2D eigenvalue weighted by Gasteiger charge is -2.10. The van der Waals surface area contributed by atoms with Crippen LogP contribution in [0.2, 0.25) is 0 Å². The van der Waals surface area contributed by atoms with Crippen molar-refractivity contribution in [3.8, 4) is 16.6 Å². The van der Waals surface area contributed by atoms with E-state index in [-0.39, 0.29) is 0 Å². The second-order valence-corrected chi connectivity index (χ2v) is 5.79. The fourth-order valence-electron chi connectivity index (χ4n) is 2.07. The van der Waals surface area contributed by atoms with E-state index in [9.17, 15) is 0 Å². The number of aromatic nitrogens is 2. The van der Waals surface area contributed by atoms with Crippen LogP contribution in [-0.4, -0.2) is 17.0 Å². The zero-order chi connectivity index (χ0) is 13.4. The SMILES string of the molecule is CNc1nc(C2CC2)nc(-c2ccc(C#N)s2)c1C. The van der Waals surface area contributed by atoms with Crippen molar-refractivity contribution < 1.29 is 0 Å². The zero-order valence-electron chi connectivity index (χ0n) is 10.9. The lowest BCUT2D eigenvalue weighted by molar-refractivity contribution is 0.925. The molecule has 1 N–H and O–H groups in total. The molecule has 0 aliphatic heterocycles. The van der Waals surface area contributed by atoms with Crippen LogP contribution >= 0.6 is 11.3 Å². The average Bonchev–Trinajstić information content (AvgIpc) is 3.17. The van der Waals surface area contributed by atoms with Gasteiger partial charge in [0.05, 0.1) is 10.6 Å². The fraction of sp³-hybridized carbons (Fsp3) is 0.357. The smallest absolute Gasteiger partial charge is 0.134 e. The summed E-state index contributed by atoms with van der Waals surface area (Å²) in [7, 11) is 1.88. The molecule has 2 aromatic rings. The lowest BCUT2D eigenvalue weighted by atomic mass is 10.2. The van der Waals surface area contributed by atoms with Gasteiger partial charge in [-0.15, -0.1) is 11.3 Å². The molecule has 19 heavy (non-hydrogen) atoms. The topological polar surface area (TPSA) is 61.6 Å². The molecular weight excluding hydrogens is 256 g/mol. The van der Waals surface area contributed by atoms with Gasteiger partial charge < -0.3 is 5.32 Å². The third kappa shape index (κ3) is 2.20. The third-order valence-electron chi connectivity index (χ3n) is 3.29. The van der Waals surface area contributed by atoms with E-state index in [1.807, 2.05) is 26.1 Å². The van der Waals surface area contributed by atoms with Crippen LogP contribution in [0.3, 0.4) is 0 Å². The Morgan fingerprint density at radius 2 is 2.16 bits per heavy atom. The van der Waals surface area contributed by atoms with Gasteiger partial charge in [-0.1, -0.05) is 0 Å². The molecule has 4 nitrogen and oxygen atoms in total. The third-order valence-corrected chi connectivity index (χ3v) is 4.29. The number of nitrogens with zero attached hydrogens (tertiary/aromatic N) is 3. The largest absolute Gasteiger partial charge is 0.373 e. The maximum Gasteiger partial charge on any atom is 0.134 e. The highest BCUT2D eigenvalue weighted by molar-refractivity contribution is 7.16. The van der Waals surface area contributed by atoms with E-state index in [1.165, 1.54) is 24.2 Å². The maximum absolute atomic E-state index is 8.94. The molecular formula is C14H14N4S. The van der Waals surface area contributed by atoms with Gasteiger partial charge in [0.15, 0.2) is 0 Å². The molecule has 5 heteroatoms. The van der Waals surface area contributed by atoms with Crippen LogP contribution in [0.15, 0.2) is 12.1 Å². The van der Waals surface area contributed by atoms with Crippen LogP contribution < -0.4 is 5.32 Å². The van der Waals surface area contributed by atoms with Gasteiger partial charge in [0.25, 0.3) is 0 Å². The van der Waals surface area contributed by atoms with Crippen LogP contribution in [0.4, 0.5) is 5.82 Å². The predicted octanol–water partition coefficient (Wildman–Crippen LogP) is 3.30. The molecule has 0 saturated heterocycles. The van der Waals surface area contributed by atoms with E-state index in [4.69, 9.17) is 10.2 Å². The van der Waals surface area contributed by atoms with Crippen molar-refractivity contribution in [2.45, 2.75) is 25.7 Å². The van der Waals surface area contributed by atoms with E-state index >= 15 is 0 Å². The van der Waals surface area contributed by atoms with Crippen LogP contribution in [0.25, 0.3) is 10.6 Å². The number of hydrogen-bond donors (Lipinski definition) is 1. The van der Waals surface area contributed by atoms with Crippen molar-refractivity contribution in [2.75, 3.05) is 12.4 Å². The molecule has 0 bridgehead atoms. The highest BCUT2D eigenvalue weighted by Crippen LogP contribution is 2.40. The van der Waals surface area contributed by atoms with Crippen molar-refractivity contribution in [3.05, 3.63) is 28.4 Å². The Hall–Kier alpha value is -1.93. The van der Waals surface area contributed by atoms with E-state index in [2.05, 4.69) is 16.4 Å². The van der Waals surface area contributed by atoms with Crippen LogP contribution in [0, 0.1) is 18.3 Å². The van der Waals surface area contributed by atoms with Gasteiger partial charge in [0.2, 0.25) is 0 Å². The van der Waals surface area contributed by atoms with Gasteiger partial charge in [-0.2, -0.15) is 5.26 Å². The van der Waals surface area contributed by atoms with Gasteiger partial charge in [0, 0.05) is 18.5 Å². The number of hydrogen-bond acceptors (Lipinski definition) is 5. The van der Waals surface area contributed by atoms with Crippen molar-refractivity contribution in [3.63, 3.8) is 0 Å². The van der Waals surface area contributed by atoms with Gasteiger partial charge in [-0.05, 0) is 31.9 Å². The van der Waals surface area contributed by atoms with Crippen molar-refractivity contribution in [2.24, 2.45) is 0 Å². The monoisotopic (exact) mass is 270 g/mol. The summed E-state index contributed by atoms with van der Waals surface area (Å²) in [6.07, 6.45) is 2.36. The number of thiophene rings is 1. The lowest BCUT2D eigenvalue weighted by Crippen LogP contribution is -2.04. The fourth-order valence-corrected chi connectivity index (χ4v) is 2.92. The number of nitrogens with one attached hydrogen (secondary N) is 1. The molecule has 96 valence electrons. The quantitative estimate of drug-likeness (QED) is 0.929. The molecule has 0 unspecified atom stereocenters. The minimum absolute atomic E-state index is 0.516. The van der Waals surface area contributed by atoms with Crippen LogP contribution in [-0.2, 0) is 0 Å². The Kier molecular flexibility index (Phi) is 2.96. The standard InChI is InChI=1S/C14H14N4S/c1-8-12(11-6-5-10(7-15)19-11)17-14(9-3-4-9)18-13(8)16-2/h5-6,9H,3-4H2,1-2H3,(H,16,17,18). The summed E-state index contributed by atoms with van der Waals surface area (Å²) in [4.78, 5) is 11.0. The van der Waals surface area contributed by atoms with Gasteiger partial charge in [-0.25, -0.2) is 9.97 Å². The number of rotatable bonds is 3. The number of anilines is 1. The Labute approximate surface area is 116 Å². The van der Waals surface area contributed by atoms with E-state index in [0.717, 1.165) is 27.8 Å². The summed E-state index contributed by atoms with van der Waals surface area (Å²) in [6.45, 7) is 2.02. The van der Waals surface area contributed by atoms with Crippen LogP contribution in [0.5, 0.6) is 0 Å². The molecule has 0 radical (unpaired) electrons. The summed E-state index contributed by atoms with van der Waals surface area (Å²) in [5.41, 5.74) is 1.99. The average molecular weight is 270 g/mol. The second-order valence-electron chi connectivity index (χ2n) is 4.70. The summed E-state index contributed by atoms with van der Waals surface area (Å²) in [5, 5.41) is 12.1. The first kappa shape index (κ1) is 12.1. The number of nitriles is 1. The minimum Gasteiger partial charge on any atom is -0.373 e. The second kappa shape index (κ2) is 4.63. The van der Waals surface area contributed by atoms with E-state index in [0.29, 0.717) is 10.8 Å². The first-order valence-electron chi connectivity index (χ1n) is 6.29. The molecule has 0 amide bonds. The van der Waals surface area contributed by atoms with Crippen molar-refractivity contribution >= 4 is 17.2 Å². The summed E-state index contributed by atoms with van der Waals surface area (Å²) in [6, 6.07) is 5.99. The van der Waals surface area contributed by atoms with E-state index < -0.39 is 0 Å². The van der Waals surface area contributed by atoms with E-state index in [1.54, 1.807) is 0 Å². The van der Waals surface area contributed by atoms with Gasteiger partial charge in [-0.3, -0.25) is 0 Å². The molecule has 2 heterocycles. The molecule has 0 atom stereocenters. The van der Waals surface area contributed by atoms with Crippen molar-refractivity contribution in [1.29, 1.82) is 5.26 Å². The Morgan fingerprint density at radius 1 is 1.37 bits per heavy atom. The van der Waals surface area contributed by atoms with Gasteiger partial charge >= 0.3 is 0 Å². The summed E-state index contributed by atoms with van der Waals surface area (Å²) in [5.74, 6) is 2.33. The van der Waals surface area contributed by atoms with Gasteiger partial charge in [0.1, 0.15) is 22.6 Å². The molecule has 3 rings (SSSR count). The molecule has 0 spiro atoms. The van der Waals surface area contributed by atoms with Crippen LogP contribution in [0.1, 0.15) is 35.0 Å². The Balaban J connectivity index is 2.13. The minimum atomic E-state index is 0.516. The predicted molar refractivity (Wildman–Crippen MR) is 76.3 cm³/mol. The Bertz CT molecular complexity index is 665. The normalized spacial score (nSPS) is 14.2. The molecule has 1 saturated carbocycles. The molecule has 1 aliphatic carbocycles. The van der Waals surface area contributed by atoms with Crippen molar-refractivity contribution in [1.82, 2.24) is 9.97 Å². The molecule has 1 fully saturated rings. The summed E-state index contributed by atoms with van der Waals surface area (Å²) < 4.78 is 0. The Morgan fingerprint density at radius 3 is 2.74 bits per heavy atom. The first-order chi connectivity index (χ1) is 9.22. The molecule has 2 aromatic heterocycles.